The normalized spacial score (nSPS) is 10.4. The Labute approximate surface area is 161 Å². The Morgan fingerprint density at radius 1 is 0.846 bits per heavy atom. The third kappa shape index (κ3) is 4.96. The van der Waals surface area contributed by atoms with E-state index in [1.54, 1.807) is 12.1 Å². The van der Waals surface area contributed by atoms with E-state index in [4.69, 9.17) is 9.47 Å². The number of rotatable bonds is 5. The molecular formula is C22H19BrO3. The Hall–Kier alpha value is -2.59. The number of carbonyl (C=O) groups is 1. The molecule has 4 heteroatoms. The summed E-state index contributed by atoms with van der Waals surface area (Å²) in [7, 11) is 0. The molecular weight excluding hydrogens is 392 g/mol. The lowest BCUT2D eigenvalue weighted by Gasteiger charge is -2.08. The van der Waals surface area contributed by atoms with Gasteiger partial charge in [-0.2, -0.15) is 0 Å². The number of halogens is 1. The lowest BCUT2D eigenvalue weighted by Crippen LogP contribution is -2.09. The highest BCUT2D eigenvalue weighted by atomic mass is 79.9. The van der Waals surface area contributed by atoms with Crippen molar-refractivity contribution in [3.63, 3.8) is 0 Å². The number of hydrogen-bond donors (Lipinski definition) is 0. The van der Waals surface area contributed by atoms with E-state index in [0.717, 1.165) is 26.9 Å². The van der Waals surface area contributed by atoms with Crippen LogP contribution in [0.4, 0.5) is 0 Å². The fraction of sp³-hybridized carbons (Fsp3) is 0.136. The Balaban J connectivity index is 1.61. The summed E-state index contributed by atoms with van der Waals surface area (Å²) in [5, 5.41) is 0. The van der Waals surface area contributed by atoms with Gasteiger partial charge in [0.1, 0.15) is 18.1 Å². The standard InChI is InChI=1S/C22H19BrO3/c1-15-11-16(2)13-21(12-15)26-22(24)18-5-3-17(4-6-18)14-25-20-9-7-19(23)8-10-20/h3-13H,14H2,1-2H3. The van der Waals surface area contributed by atoms with Gasteiger partial charge in [-0.25, -0.2) is 4.79 Å². The van der Waals surface area contributed by atoms with E-state index in [9.17, 15) is 4.79 Å². The second-order valence-electron chi connectivity index (χ2n) is 6.15. The maximum atomic E-state index is 12.3. The molecule has 3 nitrogen and oxygen atoms in total. The van der Waals surface area contributed by atoms with E-state index in [1.165, 1.54) is 0 Å². The largest absolute Gasteiger partial charge is 0.489 e. The fourth-order valence-corrected chi connectivity index (χ4v) is 2.86. The first-order valence-electron chi connectivity index (χ1n) is 8.27. The molecule has 0 N–H and O–H groups in total. The zero-order valence-corrected chi connectivity index (χ0v) is 16.2. The van der Waals surface area contributed by atoms with Crippen molar-refractivity contribution in [3.05, 3.63) is 93.5 Å². The van der Waals surface area contributed by atoms with E-state index in [0.29, 0.717) is 17.9 Å². The van der Waals surface area contributed by atoms with Gasteiger partial charge in [0.25, 0.3) is 0 Å². The average Bonchev–Trinajstić information content (AvgIpc) is 2.61. The molecule has 0 fully saturated rings. The summed E-state index contributed by atoms with van der Waals surface area (Å²) in [4.78, 5) is 12.3. The van der Waals surface area contributed by atoms with Crippen molar-refractivity contribution >= 4 is 21.9 Å². The van der Waals surface area contributed by atoms with E-state index < -0.39 is 0 Å². The van der Waals surface area contributed by atoms with E-state index >= 15 is 0 Å². The summed E-state index contributed by atoms with van der Waals surface area (Å²) in [6, 6.07) is 20.7. The molecule has 0 spiro atoms. The van der Waals surface area contributed by atoms with E-state index in [1.807, 2.05) is 68.4 Å². The lowest BCUT2D eigenvalue weighted by atomic mass is 10.1. The van der Waals surface area contributed by atoms with Gasteiger partial charge >= 0.3 is 5.97 Å². The number of esters is 1. The van der Waals surface area contributed by atoms with Crippen molar-refractivity contribution in [1.29, 1.82) is 0 Å². The van der Waals surface area contributed by atoms with Crippen molar-refractivity contribution in [1.82, 2.24) is 0 Å². The van der Waals surface area contributed by atoms with Crippen LogP contribution in [0, 0.1) is 13.8 Å². The summed E-state index contributed by atoms with van der Waals surface area (Å²) >= 11 is 3.40. The van der Waals surface area contributed by atoms with Gasteiger partial charge in [0.15, 0.2) is 0 Å². The van der Waals surface area contributed by atoms with Crippen molar-refractivity contribution in [2.45, 2.75) is 20.5 Å². The summed E-state index contributed by atoms with van der Waals surface area (Å²) < 4.78 is 12.2. The maximum absolute atomic E-state index is 12.3. The third-order valence-corrected chi connectivity index (χ3v) is 4.34. The van der Waals surface area contributed by atoms with Crippen LogP contribution in [0.5, 0.6) is 11.5 Å². The van der Waals surface area contributed by atoms with Crippen LogP contribution in [0.1, 0.15) is 27.0 Å². The average molecular weight is 411 g/mol. The van der Waals surface area contributed by atoms with Crippen LogP contribution in [-0.2, 0) is 6.61 Å². The molecule has 0 saturated heterocycles. The molecule has 0 aliphatic heterocycles. The summed E-state index contributed by atoms with van der Waals surface area (Å²) in [6.07, 6.45) is 0. The molecule has 0 aliphatic rings. The first-order chi connectivity index (χ1) is 12.5. The van der Waals surface area contributed by atoms with Gasteiger partial charge in [-0.05, 0) is 79.1 Å². The molecule has 0 unspecified atom stereocenters. The van der Waals surface area contributed by atoms with Gasteiger partial charge < -0.3 is 9.47 Å². The first-order valence-corrected chi connectivity index (χ1v) is 9.07. The number of aryl methyl sites for hydroxylation is 2. The van der Waals surface area contributed by atoms with Crippen LogP contribution < -0.4 is 9.47 Å². The van der Waals surface area contributed by atoms with Crippen molar-refractivity contribution < 1.29 is 14.3 Å². The van der Waals surface area contributed by atoms with Crippen LogP contribution in [0.15, 0.2) is 71.2 Å². The monoisotopic (exact) mass is 410 g/mol. The van der Waals surface area contributed by atoms with E-state index in [-0.39, 0.29) is 5.97 Å². The molecule has 3 aromatic carbocycles. The zero-order chi connectivity index (χ0) is 18.5. The SMILES string of the molecule is Cc1cc(C)cc(OC(=O)c2ccc(COc3ccc(Br)cc3)cc2)c1. The number of benzene rings is 3. The third-order valence-electron chi connectivity index (χ3n) is 3.81. The van der Waals surface area contributed by atoms with Crippen LogP contribution in [0.3, 0.4) is 0 Å². The molecule has 0 amide bonds. The van der Waals surface area contributed by atoms with Crippen LogP contribution in [0.25, 0.3) is 0 Å². The fourth-order valence-electron chi connectivity index (χ4n) is 2.59. The van der Waals surface area contributed by atoms with Crippen LogP contribution >= 0.6 is 15.9 Å². The highest BCUT2D eigenvalue weighted by Crippen LogP contribution is 2.19. The Kier molecular flexibility index (Phi) is 5.74. The predicted octanol–water partition coefficient (Wildman–Crippen LogP) is 5.86. The van der Waals surface area contributed by atoms with E-state index in [2.05, 4.69) is 15.9 Å². The zero-order valence-electron chi connectivity index (χ0n) is 14.7. The maximum Gasteiger partial charge on any atom is 0.343 e. The molecule has 3 rings (SSSR count). The quantitative estimate of drug-likeness (QED) is 0.390. The van der Waals surface area contributed by atoms with Gasteiger partial charge in [0.2, 0.25) is 0 Å². The predicted molar refractivity (Wildman–Crippen MR) is 106 cm³/mol. The molecule has 132 valence electrons. The minimum absolute atomic E-state index is 0.365. The Bertz CT molecular complexity index is 879. The second-order valence-corrected chi connectivity index (χ2v) is 7.07. The highest BCUT2D eigenvalue weighted by molar-refractivity contribution is 9.10. The summed E-state index contributed by atoms with van der Waals surface area (Å²) in [5.41, 5.74) is 3.62. The van der Waals surface area contributed by atoms with Gasteiger partial charge in [-0.15, -0.1) is 0 Å². The van der Waals surface area contributed by atoms with Gasteiger partial charge in [-0.1, -0.05) is 34.1 Å². The highest BCUT2D eigenvalue weighted by Gasteiger charge is 2.09. The molecule has 0 aromatic heterocycles. The van der Waals surface area contributed by atoms with Gasteiger partial charge in [0.05, 0.1) is 5.56 Å². The lowest BCUT2D eigenvalue weighted by molar-refractivity contribution is 0.0734. The Morgan fingerprint density at radius 3 is 2.08 bits per heavy atom. The van der Waals surface area contributed by atoms with Crippen LogP contribution in [-0.4, -0.2) is 5.97 Å². The molecule has 0 radical (unpaired) electrons. The molecule has 0 aliphatic carbocycles. The summed E-state index contributed by atoms with van der Waals surface area (Å²) in [5.74, 6) is 0.997. The number of carbonyl (C=O) groups excluding carboxylic acids is 1. The minimum atomic E-state index is -0.365. The van der Waals surface area contributed by atoms with Crippen molar-refractivity contribution in [2.24, 2.45) is 0 Å². The Morgan fingerprint density at radius 2 is 1.46 bits per heavy atom. The molecule has 3 aromatic rings. The van der Waals surface area contributed by atoms with Crippen molar-refractivity contribution in [2.75, 3.05) is 0 Å². The number of ether oxygens (including phenoxy) is 2. The summed E-state index contributed by atoms with van der Waals surface area (Å²) in [6.45, 7) is 4.39. The first kappa shape index (κ1) is 18.2. The molecule has 26 heavy (non-hydrogen) atoms. The van der Waals surface area contributed by atoms with Gasteiger partial charge in [0, 0.05) is 4.47 Å². The van der Waals surface area contributed by atoms with Crippen molar-refractivity contribution in [3.8, 4) is 11.5 Å². The molecule has 0 heterocycles. The van der Waals surface area contributed by atoms with Gasteiger partial charge in [-0.3, -0.25) is 0 Å². The molecule has 0 bridgehead atoms. The molecule has 0 saturated carbocycles. The second kappa shape index (κ2) is 8.19. The topological polar surface area (TPSA) is 35.5 Å². The smallest absolute Gasteiger partial charge is 0.343 e. The molecule has 0 atom stereocenters. The van der Waals surface area contributed by atoms with Crippen LogP contribution in [0.2, 0.25) is 0 Å². The number of hydrogen-bond acceptors (Lipinski definition) is 3. The minimum Gasteiger partial charge on any atom is -0.489 e.